The van der Waals surface area contributed by atoms with Gasteiger partial charge < -0.3 is 0 Å². The van der Waals surface area contributed by atoms with Gasteiger partial charge in [0, 0.05) is 18.3 Å². The largest absolute Gasteiger partial charge is 0.300 e. The zero-order valence-corrected chi connectivity index (χ0v) is 14.3. The van der Waals surface area contributed by atoms with E-state index in [-0.39, 0.29) is 5.41 Å². The SMILES string of the molecule is O=C1CCC(c2ccccc2)C(c2ccccc2)(c2ccccc2)C1. The first-order chi connectivity index (χ1) is 12.3. The van der Waals surface area contributed by atoms with Gasteiger partial charge in [-0.1, -0.05) is 91.0 Å². The Morgan fingerprint density at radius 3 is 1.68 bits per heavy atom. The third-order valence-corrected chi connectivity index (χ3v) is 5.56. The Hall–Kier alpha value is -2.67. The first kappa shape index (κ1) is 15.8. The van der Waals surface area contributed by atoms with Crippen molar-refractivity contribution in [1.29, 1.82) is 0 Å². The van der Waals surface area contributed by atoms with Gasteiger partial charge in [-0.3, -0.25) is 4.79 Å². The summed E-state index contributed by atoms with van der Waals surface area (Å²) >= 11 is 0. The van der Waals surface area contributed by atoms with Crippen LogP contribution in [0.15, 0.2) is 91.0 Å². The van der Waals surface area contributed by atoms with E-state index >= 15 is 0 Å². The molecule has 1 fully saturated rings. The number of benzene rings is 3. The van der Waals surface area contributed by atoms with Crippen LogP contribution < -0.4 is 0 Å². The third kappa shape index (κ3) is 2.80. The monoisotopic (exact) mass is 326 g/mol. The van der Waals surface area contributed by atoms with E-state index in [1.54, 1.807) is 0 Å². The van der Waals surface area contributed by atoms with Crippen molar-refractivity contribution >= 4 is 5.78 Å². The van der Waals surface area contributed by atoms with E-state index in [1.807, 2.05) is 12.1 Å². The summed E-state index contributed by atoms with van der Waals surface area (Å²) in [5, 5.41) is 0. The summed E-state index contributed by atoms with van der Waals surface area (Å²) in [5.74, 6) is 0.663. The van der Waals surface area contributed by atoms with Gasteiger partial charge in [-0.15, -0.1) is 0 Å². The van der Waals surface area contributed by atoms with Crippen molar-refractivity contribution in [3.05, 3.63) is 108 Å². The van der Waals surface area contributed by atoms with E-state index in [0.29, 0.717) is 24.5 Å². The lowest BCUT2D eigenvalue weighted by atomic mass is 9.57. The predicted octanol–water partition coefficient (Wildman–Crippen LogP) is 5.51. The van der Waals surface area contributed by atoms with Gasteiger partial charge in [0.25, 0.3) is 0 Å². The second kappa shape index (κ2) is 6.68. The molecule has 0 N–H and O–H groups in total. The Balaban J connectivity index is 1.97. The first-order valence-electron chi connectivity index (χ1n) is 8.98. The molecule has 1 nitrogen and oxygen atoms in total. The van der Waals surface area contributed by atoms with Crippen LogP contribution in [0.5, 0.6) is 0 Å². The van der Waals surface area contributed by atoms with Crippen LogP contribution in [0.4, 0.5) is 0 Å². The zero-order valence-electron chi connectivity index (χ0n) is 14.3. The lowest BCUT2D eigenvalue weighted by molar-refractivity contribution is -0.122. The minimum absolute atomic E-state index is 0.292. The van der Waals surface area contributed by atoms with Crippen molar-refractivity contribution < 1.29 is 4.79 Å². The van der Waals surface area contributed by atoms with E-state index in [1.165, 1.54) is 16.7 Å². The highest BCUT2D eigenvalue weighted by molar-refractivity contribution is 5.83. The van der Waals surface area contributed by atoms with Gasteiger partial charge in [0.1, 0.15) is 5.78 Å². The van der Waals surface area contributed by atoms with Gasteiger partial charge in [-0.25, -0.2) is 0 Å². The van der Waals surface area contributed by atoms with Crippen molar-refractivity contribution in [3.8, 4) is 0 Å². The van der Waals surface area contributed by atoms with Gasteiger partial charge >= 0.3 is 0 Å². The Bertz CT molecular complexity index is 798. The molecule has 1 heteroatoms. The standard InChI is InChI=1S/C24H22O/c25-22-16-17-23(19-10-4-1-5-11-19)24(18-22,20-12-6-2-7-13-20)21-14-8-3-9-15-21/h1-15,23H,16-18H2. The van der Waals surface area contributed by atoms with Gasteiger partial charge in [0.15, 0.2) is 0 Å². The molecule has 0 spiro atoms. The smallest absolute Gasteiger partial charge is 0.134 e. The highest BCUT2D eigenvalue weighted by Crippen LogP contribution is 2.52. The van der Waals surface area contributed by atoms with Crippen LogP contribution in [0.25, 0.3) is 0 Å². The molecule has 0 heterocycles. The van der Waals surface area contributed by atoms with Crippen LogP contribution in [0, 0.1) is 0 Å². The number of Topliss-reactive ketones (excluding diaryl/α,β-unsaturated/α-hetero) is 1. The quantitative estimate of drug-likeness (QED) is 0.620. The Morgan fingerprint density at radius 2 is 1.16 bits per heavy atom. The number of hydrogen-bond donors (Lipinski definition) is 0. The van der Waals surface area contributed by atoms with Gasteiger partial charge in [0.2, 0.25) is 0 Å². The Labute approximate surface area is 149 Å². The number of rotatable bonds is 3. The normalized spacial score (nSPS) is 19.5. The maximum Gasteiger partial charge on any atom is 0.134 e. The van der Waals surface area contributed by atoms with Crippen molar-refractivity contribution in [3.63, 3.8) is 0 Å². The maximum atomic E-state index is 12.6. The summed E-state index contributed by atoms with van der Waals surface area (Å²) < 4.78 is 0. The number of hydrogen-bond acceptors (Lipinski definition) is 1. The fourth-order valence-corrected chi connectivity index (χ4v) is 4.46. The second-order valence-corrected chi connectivity index (χ2v) is 6.92. The van der Waals surface area contributed by atoms with Crippen molar-refractivity contribution in [2.45, 2.75) is 30.6 Å². The highest BCUT2D eigenvalue weighted by Gasteiger charge is 2.46. The van der Waals surface area contributed by atoms with E-state index < -0.39 is 0 Å². The highest BCUT2D eigenvalue weighted by atomic mass is 16.1. The fraction of sp³-hybridized carbons (Fsp3) is 0.208. The van der Waals surface area contributed by atoms with Crippen molar-refractivity contribution in [2.24, 2.45) is 0 Å². The molecule has 1 saturated carbocycles. The predicted molar refractivity (Wildman–Crippen MR) is 102 cm³/mol. The number of carbonyl (C=O) groups is 1. The molecule has 1 aliphatic rings. The molecule has 1 aliphatic carbocycles. The molecule has 0 radical (unpaired) electrons. The molecular weight excluding hydrogens is 304 g/mol. The van der Waals surface area contributed by atoms with Gasteiger partial charge in [0.05, 0.1) is 0 Å². The summed E-state index contributed by atoms with van der Waals surface area (Å²) in [6.45, 7) is 0. The van der Waals surface area contributed by atoms with Crippen LogP contribution in [0.1, 0.15) is 41.9 Å². The lowest BCUT2D eigenvalue weighted by Crippen LogP contribution is -2.41. The maximum absolute atomic E-state index is 12.6. The van der Waals surface area contributed by atoms with E-state index in [2.05, 4.69) is 78.9 Å². The van der Waals surface area contributed by atoms with Crippen LogP contribution in [0.2, 0.25) is 0 Å². The molecular formula is C24H22O. The second-order valence-electron chi connectivity index (χ2n) is 6.92. The van der Waals surface area contributed by atoms with Crippen molar-refractivity contribution in [1.82, 2.24) is 0 Å². The molecule has 1 unspecified atom stereocenters. The Kier molecular flexibility index (Phi) is 4.23. The summed E-state index contributed by atoms with van der Waals surface area (Å²) in [6.07, 6.45) is 2.13. The van der Waals surface area contributed by atoms with Crippen LogP contribution >= 0.6 is 0 Å². The van der Waals surface area contributed by atoms with Gasteiger partial charge in [-0.05, 0) is 29.0 Å². The Morgan fingerprint density at radius 1 is 0.680 bits per heavy atom. The molecule has 0 aliphatic heterocycles. The molecule has 25 heavy (non-hydrogen) atoms. The summed E-state index contributed by atoms with van der Waals surface area (Å²) in [7, 11) is 0. The molecule has 0 bridgehead atoms. The van der Waals surface area contributed by atoms with Gasteiger partial charge in [-0.2, -0.15) is 0 Å². The first-order valence-corrected chi connectivity index (χ1v) is 8.98. The summed E-state index contributed by atoms with van der Waals surface area (Å²) in [4.78, 5) is 12.6. The number of carbonyl (C=O) groups excluding carboxylic acids is 1. The minimum atomic E-state index is -0.292. The average Bonchev–Trinajstić information content (AvgIpc) is 2.70. The third-order valence-electron chi connectivity index (χ3n) is 5.56. The van der Waals surface area contributed by atoms with E-state index in [0.717, 1.165) is 6.42 Å². The number of ketones is 1. The topological polar surface area (TPSA) is 17.1 Å². The summed E-state index contributed by atoms with van der Waals surface area (Å²) in [5.41, 5.74) is 3.51. The molecule has 3 aromatic carbocycles. The zero-order chi connectivity index (χ0) is 17.1. The van der Waals surface area contributed by atoms with Crippen molar-refractivity contribution in [2.75, 3.05) is 0 Å². The molecule has 3 aromatic rings. The molecule has 1 atom stereocenters. The fourth-order valence-electron chi connectivity index (χ4n) is 4.46. The molecule has 0 amide bonds. The lowest BCUT2D eigenvalue weighted by Gasteiger charge is -2.45. The van der Waals surface area contributed by atoms with E-state index in [9.17, 15) is 4.79 Å². The average molecular weight is 326 g/mol. The summed E-state index contributed by atoms with van der Waals surface area (Å²) in [6, 6.07) is 31.8. The molecule has 0 aromatic heterocycles. The molecule has 124 valence electrons. The van der Waals surface area contributed by atoms with Crippen LogP contribution in [0.3, 0.4) is 0 Å². The molecule has 0 saturated heterocycles. The van der Waals surface area contributed by atoms with E-state index in [4.69, 9.17) is 0 Å². The van der Waals surface area contributed by atoms with Crippen LogP contribution in [-0.4, -0.2) is 5.78 Å². The minimum Gasteiger partial charge on any atom is -0.300 e. The molecule has 4 rings (SSSR count). The van der Waals surface area contributed by atoms with Crippen LogP contribution in [-0.2, 0) is 10.2 Å².